The highest BCUT2D eigenvalue weighted by atomic mass is 32.2. The lowest BCUT2D eigenvalue weighted by Crippen LogP contribution is -2.36. The van der Waals surface area contributed by atoms with Crippen LogP contribution in [0.5, 0.6) is 0 Å². The third-order valence-corrected chi connectivity index (χ3v) is 5.73. The lowest BCUT2D eigenvalue weighted by Gasteiger charge is -2.36. The fraction of sp³-hybridized carbons (Fsp3) is 0.600. The maximum Gasteiger partial charge on any atom is 0.157 e. The van der Waals surface area contributed by atoms with Crippen LogP contribution in [0.25, 0.3) is 5.65 Å². The zero-order valence-electron chi connectivity index (χ0n) is 12.2. The number of pyridine rings is 1. The molecule has 0 atom stereocenters. The standard InChI is InChI=1S/C15H22N4S/c1-12-8-13(19-14(9-12)17-11-18-19)16-10-15(20-2)6-4-3-5-7-15/h8-9,11,16H,3-7,10H2,1-2H3. The molecule has 0 aliphatic heterocycles. The lowest BCUT2D eigenvalue weighted by atomic mass is 9.88. The molecule has 2 heterocycles. The third kappa shape index (κ3) is 2.64. The number of thioether (sulfide) groups is 1. The van der Waals surface area contributed by atoms with Crippen LogP contribution in [0.3, 0.4) is 0 Å². The molecule has 0 radical (unpaired) electrons. The van der Waals surface area contributed by atoms with Crippen molar-refractivity contribution < 1.29 is 0 Å². The summed E-state index contributed by atoms with van der Waals surface area (Å²) < 4.78 is 2.28. The van der Waals surface area contributed by atoms with Crippen LogP contribution in [0.4, 0.5) is 5.82 Å². The van der Waals surface area contributed by atoms with E-state index >= 15 is 0 Å². The quantitative estimate of drug-likeness (QED) is 0.935. The van der Waals surface area contributed by atoms with Crippen molar-refractivity contribution in [2.75, 3.05) is 18.1 Å². The molecule has 20 heavy (non-hydrogen) atoms. The van der Waals surface area contributed by atoms with E-state index in [0.717, 1.165) is 18.0 Å². The summed E-state index contributed by atoms with van der Waals surface area (Å²) in [5.74, 6) is 1.05. The highest BCUT2D eigenvalue weighted by molar-refractivity contribution is 8.00. The largest absolute Gasteiger partial charge is 0.369 e. The van der Waals surface area contributed by atoms with Gasteiger partial charge in [0.05, 0.1) is 0 Å². The number of hydrogen-bond acceptors (Lipinski definition) is 4. The number of aryl methyl sites for hydroxylation is 1. The van der Waals surface area contributed by atoms with Gasteiger partial charge in [-0.2, -0.15) is 21.4 Å². The molecule has 0 amide bonds. The summed E-state index contributed by atoms with van der Waals surface area (Å²) in [4.78, 5) is 4.28. The van der Waals surface area contributed by atoms with Gasteiger partial charge >= 0.3 is 0 Å². The molecule has 0 bridgehead atoms. The predicted octanol–water partition coefficient (Wildman–Crippen LogP) is 3.52. The van der Waals surface area contributed by atoms with Gasteiger partial charge in [-0.3, -0.25) is 0 Å². The highest BCUT2D eigenvalue weighted by Crippen LogP contribution is 2.38. The second-order valence-corrected chi connectivity index (χ2v) is 7.02. The third-order valence-electron chi connectivity index (χ3n) is 4.31. The van der Waals surface area contributed by atoms with Crippen molar-refractivity contribution in [2.24, 2.45) is 0 Å². The summed E-state index contributed by atoms with van der Waals surface area (Å²) in [6.07, 6.45) is 10.6. The van der Waals surface area contributed by atoms with Gasteiger partial charge in [0.15, 0.2) is 5.65 Å². The number of nitrogens with one attached hydrogen (secondary N) is 1. The van der Waals surface area contributed by atoms with Gasteiger partial charge in [0.1, 0.15) is 12.1 Å². The molecule has 108 valence electrons. The lowest BCUT2D eigenvalue weighted by molar-refractivity contribution is 0.411. The first-order valence-electron chi connectivity index (χ1n) is 7.32. The molecule has 1 fully saturated rings. The second kappa shape index (κ2) is 5.64. The van der Waals surface area contributed by atoms with Gasteiger partial charge < -0.3 is 5.32 Å². The van der Waals surface area contributed by atoms with Crippen molar-refractivity contribution in [1.82, 2.24) is 14.6 Å². The first-order chi connectivity index (χ1) is 9.72. The maximum atomic E-state index is 4.31. The Morgan fingerprint density at radius 1 is 1.30 bits per heavy atom. The minimum absolute atomic E-state index is 0.384. The Morgan fingerprint density at radius 3 is 2.85 bits per heavy atom. The molecule has 1 aliphatic carbocycles. The molecule has 0 spiro atoms. The van der Waals surface area contributed by atoms with E-state index in [9.17, 15) is 0 Å². The number of fused-ring (bicyclic) bond motifs is 1. The van der Waals surface area contributed by atoms with Gasteiger partial charge in [-0.15, -0.1) is 0 Å². The number of anilines is 1. The van der Waals surface area contributed by atoms with Crippen LogP contribution in [-0.4, -0.2) is 32.1 Å². The molecule has 1 N–H and O–H groups in total. The number of hydrogen-bond donors (Lipinski definition) is 1. The van der Waals surface area contributed by atoms with Crippen LogP contribution < -0.4 is 5.32 Å². The molecular formula is C15H22N4S. The molecule has 4 nitrogen and oxygen atoms in total. The SMILES string of the molecule is CSC1(CNc2cc(C)cc3ncnn23)CCCCC1. The van der Waals surface area contributed by atoms with E-state index in [1.807, 2.05) is 16.3 Å². The predicted molar refractivity (Wildman–Crippen MR) is 85.5 cm³/mol. The first kappa shape index (κ1) is 13.7. The molecule has 1 aliphatic rings. The Balaban J connectivity index is 1.80. The molecule has 1 saturated carbocycles. The van der Waals surface area contributed by atoms with Crippen molar-refractivity contribution in [1.29, 1.82) is 0 Å². The van der Waals surface area contributed by atoms with Gasteiger partial charge in [-0.1, -0.05) is 19.3 Å². The summed E-state index contributed by atoms with van der Waals surface area (Å²) in [6.45, 7) is 3.11. The molecule has 5 heteroatoms. The van der Waals surface area contributed by atoms with Crippen molar-refractivity contribution in [2.45, 2.75) is 43.8 Å². The monoisotopic (exact) mass is 290 g/mol. The molecule has 0 aromatic carbocycles. The van der Waals surface area contributed by atoms with Gasteiger partial charge in [-0.25, -0.2) is 4.98 Å². The van der Waals surface area contributed by atoms with Crippen LogP contribution >= 0.6 is 11.8 Å². The van der Waals surface area contributed by atoms with Crippen LogP contribution in [-0.2, 0) is 0 Å². The summed E-state index contributed by atoms with van der Waals surface area (Å²) in [6, 6.07) is 4.21. The van der Waals surface area contributed by atoms with Crippen molar-refractivity contribution in [3.8, 4) is 0 Å². The fourth-order valence-corrected chi connectivity index (χ4v) is 4.00. The molecule has 0 saturated heterocycles. The molecule has 2 aromatic rings. The summed E-state index contributed by atoms with van der Waals surface area (Å²) in [5.41, 5.74) is 2.13. The average molecular weight is 290 g/mol. The summed E-state index contributed by atoms with van der Waals surface area (Å²) in [5, 5.41) is 7.92. The van der Waals surface area contributed by atoms with Crippen LogP contribution in [0.15, 0.2) is 18.5 Å². The first-order valence-corrected chi connectivity index (χ1v) is 8.54. The van der Waals surface area contributed by atoms with Gasteiger partial charge in [0.25, 0.3) is 0 Å². The van der Waals surface area contributed by atoms with E-state index in [0.29, 0.717) is 4.75 Å². The van der Waals surface area contributed by atoms with Gasteiger partial charge in [-0.05, 0) is 43.7 Å². The molecular weight excluding hydrogens is 268 g/mol. The average Bonchev–Trinajstić information content (AvgIpc) is 2.94. The Morgan fingerprint density at radius 2 is 2.10 bits per heavy atom. The number of rotatable bonds is 4. The molecule has 0 unspecified atom stereocenters. The van der Waals surface area contributed by atoms with Crippen LogP contribution in [0.2, 0.25) is 0 Å². The van der Waals surface area contributed by atoms with Gasteiger partial charge in [0, 0.05) is 11.3 Å². The van der Waals surface area contributed by atoms with E-state index in [1.54, 1.807) is 6.33 Å². The number of nitrogens with zero attached hydrogens (tertiary/aromatic N) is 3. The highest BCUT2D eigenvalue weighted by Gasteiger charge is 2.31. The van der Waals surface area contributed by atoms with E-state index in [2.05, 4.69) is 40.7 Å². The van der Waals surface area contributed by atoms with E-state index in [-0.39, 0.29) is 0 Å². The van der Waals surface area contributed by atoms with Crippen molar-refractivity contribution in [3.63, 3.8) is 0 Å². The van der Waals surface area contributed by atoms with Crippen molar-refractivity contribution in [3.05, 3.63) is 24.0 Å². The number of aromatic nitrogens is 3. The second-order valence-electron chi connectivity index (χ2n) is 5.75. The Labute approximate surface area is 124 Å². The fourth-order valence-electron chi connectivity index (χ4n) is 3.08. The van der Waals surface area contributed by atoms with Crippen molar-refractivity contribution >= 4 is 23.2 Å². The van der Waals surface area contributed by atoms with E-state index in [4.69, 9.17) is 0 Å². The maximum absolute atomic E-state index is 4.31. The van der Waals surface area contributed by atoms with E-state index in [1.165, 1.54) is 37.7 Å². The van der Waals surface area contributed by atoms with Crippen LogP contribution in [0.1, 0.15) is 37.7 Å². The normalized spacial score (nSPS) is 18.3. The van der Waals surface area contributed by atoms with Crippen LogP contribution in [0, 0.1) is 6.92 Å². The zero-order chi connectivity index (χ0) is 14.0. The van der Waals surface area contributed by atoms with E-state index < -0.39 is 0 Å². The Bertz CT molecular complexity index is 587. The smallest absolute Gasteiger partial charge is 0.157 e. The summed E-state index contributed by atoms with van der Waals surface area (Å²) >= 11 is 2.02. The molecule has 2 aromatic heterocycles. The zero-order valence-corrected chi connectivity index (χ0v) is 13.0. The minimum Gasteiger partial charge on any atom is -0.369 e. The molecule has 3 rings (SSSR count). The summed E-state index contributed by atoms with van der Waals surface area (Å²) in [7, 11) is 0. The van der Waals surface area contributed by atoms with Gasteiger partial charge in [0.2, 0.25) is 0 Å². The Kier molecular flexibility index (Phi) is 3.87. The Hall–Kier alpha value is -1.23. The minimum atomic E-state index is 0.384. The topological polar surface area (TPSA) is 42.2 Å².